The lowest BCUT2D eigenvalue weighted by Gasteiger charge is -2.27. The second kappa shape index (κ2) is 8.22. The number of carbonyl (C=O) groups is 2. The molecule has 0 aliphatic carbocycles. The molecule has 1 unspecified atom stereocenters. The average molecular weight is 399 g/mol. The van der Waals surface area contributed by atoms with Crippen LogP contribution in [0, 0.1) is 5.82 Å². The number of rotatable bonds is 5. The van der Waals surface area contributed by atoms with Gasteiger partial charge in [0.2, 0.25) is 5.91 Å². The number of nitrogens with one attached hydrogen (secondary N) is 2. The number of anilines is 2. The van der Waals surface area contributed by atoms with E-state index < -0.39 is 0 Å². The fraction of sp³-hybridized carbons (Fsp3) is 0.333. The molecule has 1 fully saturated rings. The van der Waals surface area contributed by atoms with Crippen molar-refractivity contribution in [1.82, 2.24) is 4.90 Å². The van der Waals surface area contributed by atoms with Gasteiger partial charge in [0.15, 0.2) is 0 Å². The van der Waals surface area contributed by atoms with Crippen molar-refractivity contribution < 1.29 is 14.0 Å². The van der Waals surface area contributed by atoms with Gasteiger partial charge in [-0.2, -0.15) is 11.8 Å². The van der Waals surface area contributed by atoms with Gasteiger partial charge in [-0.1, -0.05) is 12.1 Å². The van der Waals surface area contributed by atoms with Crippen molar-refractivity contribution >= 4 is 35.0 Å². The molecular formula is C21H22FN3O2S. The minimum Gasteiger partial charge on any atom is -0.371 e. The van der Waals surface area contributed by atoms with Gasteiger partial charge in [0.1, 0.15) is 11.9 Å². The number of halogens is 1. The van der Waals surface area contributed by atoms with Crippen molar-refractivity contribution in [2.24, 2.45) is 0 Å². The van der Waals surface area contributed by atoms with Crippen molar-refractivity contribution in [3.8, 4) is 0 Å². The van der Waals surface area contributed by atoms with Crippen molar-refractivity contribution in [3.05, 3.63) is 59.4 Å². The highest BCUT2D eigenvalue weighted by molar-refractivity contribution is 7.98. The molecule has 2 N–H and O–H groups in total. The maximum atomic E-state index is 13.0. The van der Waals surface area contributed by atoms with Gasteiger partial charge in [-0.05, 0) is 48.7 Å². The van der Waals surface area contributed by atoms with E-state index >= 15 is 0 Å². The minimum absolute atomic E-state index is 0.0199. The predicted octanol–water partition coefficient (Wildman–Crippen LogP) is 3.73. The van der Waals surface area contributed by atoms with Gasteiger partial charge in [-0.3, -0.25) is 9.59 Å². The third-order valence-corrected chi connectivity index (χ3v) is 6.14. The molecular weight excluding hydrogens is 377 g/mol. The number of fused-ring (bicyclic) bond motifs is 1. The van der Waals surface area contributed by atoms with E-state index in [9.17, 15) is 14.0 Å². The largest absolute Gasteiger partial charge is 0.371 e. The molecule has 0 saturated carbocycles. The summed E-state index contributed by atoms with van der Waals surface area (Å²) in [5.41, 5.74) is 3.10. The van der Waals surface area contributed by atoms with Gasteiger partial charge in [0.05, 0.1) is 11.4 Å². The van der Waals surface area contributed by atoms with Gasteiger partial charge in [-0.25, -0.2) is 4.39 Å². The van der Waals surface area contributed by atoms with Crippen LogP contribution >= 0.6 is 11.8 Å². The number of hydrogen-bond acceptors (Lipinski definition) is 4. The van der Waals surface area contributed by atoms with Gasteiger partial charge in [0, 0.05) is 30.2 Å². The zero-order valence-corrected chi connectivity index (χ0v) is 16.2. The molecule has 0 aromatic heterocycles. The minimum atomic E-state index is -0.349. The quantitative estimate of drug-likeness (QED) is 0.804. The highest BCUT2D eigenvalue weighted by Crippen LogP contribution is 2.30. The SMILES string of the molecule is O=C1Nc2cc(C(=O)N3CCCC3)ccc2NC1CSCc1ccc(F)cc1. The fourth-order valence-electron chi connectivity index (χ4n) is 3.48. The summed E-state index contributed by atoms with van der Waals surface area (Å²) in [6.45, 7) is 1.60. The highest BCUT2D eigenvalue weighted by atomic mass is 32.2. The third-order valence-electron chi connectivity index (χ3n) is 5.03. The van der Waals surface area contributed by atoms with Crippen LogP contribution in [0.25, 0.3) is 0 Å². The van der Waals surface area contributed by atoms with Crippen molar-refractivity contribution in [1.29, 1.82) is 0 Å². The lowest BCUT2D eigenvalue weighted by Crippen LogP contribution is -2.40. The number of nitrogens with zero attached hydrogens (tertiary/aromatic N) is 1. The molecule has 0 spiro atoms. The molecule has 2 aromatic rings. The first-order chi connectivity index (χ1) is 13.6. The Hall–Kier alpha value is -2.54. The van der Waals surface area contributed by atoms with E-state index in [0.717, 1.165) is 37.2 Å². The van der Waals surface area contributed by atoms with Crippen LogP contribution in [0.5, 0.6) is 0 Å². The van der Waals surface area contributed by atoms with Crippen molar-refractivity contribution in [3.63, 3.8) is 0 Å². The Morgan fingerprint density at radius 3 is 2.61 bits per heavy atom. The maximum Gasteiger partial charge on any atom is 0.253 e. The van der Waals surface area contributed by atoms with E-state index in [4.69, 9.17) is 0 Å². The molecule has 2 aliphatic heterocycles. The van der Waals surface area contributed by atoms with Gasteiger partial charge in [-0.15, -0.1) is 0 Å². The summed E-state index contributed by atoms with van der Waals surface area (Å²) >= 11 is 1.62. The molecule has 146 valence electrons. The first-order valence-electron chi connectivity index (χ1n) is 9.43. The zero-order chi connectivity index (χ0) is 19.5. The van der Waals surface area contributed by atoms with Crippen molar-refractivity contribution in [2.75, 3.05) is 29.5 Å². The Bertz CT molecular complexity index is 882. The Morgan fingerprint density at radius 1 is 1.11 bits per heavy atom. The summed E-state index contributed by atoms with van der Waals surface area (Å²) in [7, 11) is 0. The molecule has 0 bridgehead atoms. The monoisotopic (exact) mass is 399 g/mol. The molecule has 2 aliphatic rings. The van der Waals surface area contributed by atoms with E-state index in [1.165, 1.54) is 12.1 Å². The summed E-state index contributed by atoms with van der Waals surface area (Å²) in [5, 5.41) is 6.18. The van der Waals surface area contributed by atoms with Gasteiger partial charge < -0.3 is 15.5 Å². The van der Waals surface area contributed by atoms with Crippen LogP contribution in [-0.4, -0.2) is 41.6 Å². The molecule has 2 aromatic carbocycles. The fourth-order valence-corrected chi connectivity index (χ4v) is 4.49. The summed E-state index contributed by atoms with van der Waals surface area (Å²) < 4.78 is 13.0. The molecule has 1 saturated heterocycles. The first-order valence-corrected chi connectivity index (χ1v) is 10.6. The predicted molar refractivity (Wildman–Crippen MR) is 110 cm³/mol. The number of carbonyl (C=O) groups excluding carboxylic acids is 2. The second-order valence-electron chi connectivity index (χ2n) is 7.09. The highest BCUT2D eigenvalue weighted by Gasteiger charge is 2.27. The molecule has 2 heterocycles. The number of benzene rings is 2. The number of amides is 2. The van der Waals surface area contributed by atoms with Crippen LogP contribution in [0.15, 0.2) is 42.5 Å². The first kappa shape index (κ1) is 18.8. The van der Waals surface area contributed by atoms with E-state index in [1.807, 2.05) is 17.0 Å². The standard InChI is InChI=1S/C21H22FN3O2S/c22-16-6-3-14(4-7-16)12-28-13-19-20(26)24-18-11-15(5-8-17(18)23-19)21(27)25-9-1-2-10-25/h3-8,11,19,23H,1-2,9-10,12-13H2,(H,24,26). The van der Waals surface area contributed by atoms with Crippen molar-refractivity contribution in [2.45, 2.75) is 24.6 Å². The maximum absolute atomic E-state index is 13.0. The Balaban J connectivity index is 1.37. The summed E-state index contributed by atoms with van der Waals surface area (Å²) in [6.07, 6.45) is 2.10. The van der Waals surface area contributed by atoms with Crippen LogP contribution in [0.2, 0.25) is 0 Å². The second-order valence-corrected chi connectivity index (χ2v) is 8.12. The Kier molecular flexibility index (Phi) is 5.52. The van der Waals surface area contributed by atoms with E-state index in [-0.39, 0.29) is 23.7 Å². The van der Waals surface area contributed by atoms with Gasteiger partial charge >= 0.3 is 0 Å². The summed E-state index contributed by atoms with van der Waals surface area (Å²) in [6, 6.07) is 11.5. The van der Waals surface area contributed by atoms with E-state index in [1.54, 1.807) is 30.0 Å². The lowest BCUT2D eigenvalue weighted by atomic mass is 10.1. The molecule has 7 heteroatoms. The van der Waals surface area contributed by atoms with E-state index in [2.05, 4.69) is 10.6 Å². The topological polar surface area (TPSA) is 61.4 Å². The van der Waals surface area contributed by atoms with Crippen LogP contribution in [-0.2, 0) is 10.5 Å². The Labute approximate surface area is 167 Å². The van der Waals surface area contributed by atoms with E-state index in [0.29, 0.717) is 22.8 Å². The normalized spacial score (nSPS) is 18.4. The zero-order valence-electron chi connectivity index (χ0n) is 15.4. The molecule has 1 atom stereocenters. The van der Waals surface area contributed by atoms with Crippen LogP contribution in [0.4, 0.5) is 15.8 Å². The van der Waals surface area contributed by atoms with Crippen LogP contribution < -0.4 is 10.6 Å². The molecule has 4 rings (SSSR count). The van der Waals surface area contributed by atoms with Gasteiger partial charge in [0.25, 0.3) is 5.91 Å². The molecule has 0 radical (unpaired) electrons. The number of likely N-dealkylation sites (tertiary alicyclic amines) is 1. The number of thioether (sulfide) groups is 1. The lowest BCUT2D eigenvalue weighted by molar-refractivity contribution is -0.116. The Morgan fingerprint density at radius 2 is 1.86 bits per heavy atom. The average Bonchev–Trinajstić information content (AvgIpc) is 3.24. The molecule has 5 nitrogen and oxygen atoms in total. The smallest absolute Gasteiger partial charge is 0.253 e. The molecule has 28 heavy (non-hydrogen) atoms. The third kappa shape index (κ3) is 4.14. The summed E-state index contributed by atoms with van der Waals surface area (Å²) in [5.74, 6) is 0.969. The number of hydrogen-bond donors (Lipinski definition) is 2. The van der Waals surface area contributed by atoms with Crippen LogP contribution in [0.1, 0.15) is 28.8 Å². The summed E-state index contributed by atoms with van der Waals surface area (Å²) in [4.78, 5) is 26.8. The molecule has 2 amide bonds. The van der Waals surface area contributed by atoms with Crippen LogP contribution in [0.3, 0.4) is 0 Å².